The summed E-state index contributed by atoms with van der Waals surface area (Å²) < 4.78 is 31.2. The third kappa shape index (κ3) is 12.0. The van der Waals surface area contributed by atoms with Crippen molar-refractivity contribution < 1.29 is 32.8 Å². The lowest BCUT2D eigenvalue weighted by atomic mass is 9.82. The first kappa shape index (κ1) is 33.3. The molecule has 14 nitrogen and oxygen atoms in total. The zero-order valence-electron chi connectivity index (χ0n) is 22.3. The number of nitrogens with one attached hydrogen (secondary N) is 3. The van der Waals surface area contributed by atoms with Gasteiger partial charge in [-0.3, -0.25) is 25.0 Å². The van der Waals surface area contributed by atoms with E-state index in [1.807, 2.05) is 4.81 Å². The number of rotatable bonds is 7. The molecule has 2 aliphatic rings. The molecule has 41 heavy (non-hydrogen) atoms. The van der Waals surface area contributed by atoms with Gasteiger partial charge in [-0.1, -0.05) is 0 Å². The van der Waals surface area contributed by atoms with Crippen LogP contribution in [0, 0.1) is 20.2 Å². The summed E-state index contributed by atoms with van der Waals surface area (Å²) in [6.07, 6.45) is 1.00. The SMILES string of the molecule is CB(O)N1CCC(Nc2ncccc2[N+](=O)[O-])CC1.O=CC(F)(F)F.O=[N+]([O-])c1cccnc1NC1CCNCC1. The van der Waals surface area contributed by atoms with Crippen molar-refractivity contribution in [2.24, 2.45) is 0 Å². The van der Waals surface area contributed by atoms with Crippen LogP contribution < -0.4 is 16.0 Å². The Bertz CT molecular complexity index is 1130. The topological polar surface area (TPSA) is 189 Å². The quantitative estimate of drug-likeness (QED) is 0.161. The van der Waals surface area contributed by atoms with Crippen LogP contribution >= 0.6 is 0 Å². The van der Waals surface area contributed by atoms with Gasteiger partial charge >= 0.3 is 24.6 Å². The number of hydrogen-bond acceptors (Lipinski definition) is 12. The summed E-state index contributed by atoms with van der Waals surface area (Å²) in [5, 5.41) is 40.7. The Morgan fingerprint density at radius 1 is 0.976 bits per heavy atom. The molecule has 0 atom stereocenters. The van der Waals surface area contributed by atoms with Crippen molar-refractivity contribution in [1.82, 2.24) is 20.1 Å². The van der Waals surface area contributed by atoms with E-state index >= 15 is 0 Å². The van der Waals surface area contributed by atoms with Crippen LogP contribution in [0.3, 0.4) is 0 Å². The third-order valence-electron chi connectivity index (χ3n) is 6.18. The molecular weight excluding hydrogens is 552 g/mol. The van der Waals surface area contributed by atoms with Crippen LogP contribution in [0.2, 0.25) is 6.82 Å². The highest BCUT2D eigenvalue weighted by atomic mass is 19.4. The summed E-state index contributed by atoms with van der Waals surface area (Å²) in [7, 11) is -0.440. The number of nitrogens with zero attached hydrogens (tertiary/aromatic N) is 5. The van der Waals surface area contributed by atoms with Crippen molar-refractivity contribution in [1.29, 1.82) is 0 Å². The Morgan fingerprint density at radius 2 is 1.39 bits per heavy atom. The van der Waals surface area contributed by atoms with Gasteiger partial charge < -0.3 is 25.8 Å². The lowest BCUT2D eigenvalue weighted by Crippen LogP contribution is -2.46. The maximum absolute atomic E-state index is 10.9. The normalized spacial score (nSPS) is 16.2. The second-order valence-electron chi connectivity index (χ2n) is 9.17. The molecule has 2 saturated heterocycles. The number of piperidine rings is 2. The number of carbonyl (C=O) groups is 1. The highest BCUT2D eigenvalue weighted by molar-refractivity contribution is 6.45. The lowest BCUT2D eigenvalue weighted by molar-refractivity contribution is -0.384. The summed E-state index contributed by atoms with van der Waals surface area (Å²) in [6.45, 7) is 5.18. The van der Waals surface area contributed by atoms with Crippen molar-refractivity contribution in [3.63, 3.8) is 0 Å². The largest absolute Gasteiger partial charge is 0.446 e. The van der Waals surface area contributed by atoms with Gasteiger partial charge in [0.25, 0.3) is 0 Å². The predicted molar refractivity (Wildman–Crippen MR) is 145 cm³/mol. The number of carbonyl (C=O) groups excluding carboxylic acids is 1. The zero-order chi connectivity index (χ0) is 30.4. The number of anilines is 2. The van der Waals surface area contributed by atoms with Gasteiger partial charge in [0.1, 0.15) is 0 Å². The Hall–Kier alpha value is -3.90. The minimum Gasteiger partial charge on any atom is -0.437 e. The minimum atomic E-state index is -4.64. The highest BCUT2D eigenvalue weighted by Crippen LogP contribution is 2.24. The van der Waals surface area contributed by atoms with Crippen molar-refractivity contribution in [2.45, 2.75) is 50.8 Å². The van der Waals surface area contributed by atoms with E-state index < -0.39 is 29.4 Å². The molecule has 4 N–H and O–H groups in total. The number of pyridine rings is 2. The van der Waals surface area contributed by atoms with Gasteiger partial charge in [-0.25, -0.2) is 9.97 Å². The summed E-state index contributed by atoms with van der Waals surface area (Å²) in [5.41, 5.74) is 0.0430. The van der Waals surface area contributed by atoms with Gasteiger partial charge in [0, 0.05) is 36.6 Å². The Balaban J connectivity index is 0.000000242. The maximum atomic E-state index is 10.9. The molecule has 18 heteroatoms. The molecule has 2 aromatic rings. The van der Waals surface area contributed by atoms with Crippen LogP contribution in [0.1, 0.15) is 25.7 Å². The second-order valence-corrected chi connectivity index (χ2v) is 9.17. The molecule has 2 aromatic heterocycles. The molecule has 0 radical (unpaired) electrons. The molecule has 4 heterocycles. The van der Waals surface area contributed by atoms with Gasteiger partial charge in [-0.15, -0.1) is 0 Å². The third-order valence-corrected chi connectivity index (χ3v) is 6.18. The average molecular weight is 584 g/mol. The Labute approximate surface area is 234 Å². The predicted octanol–water partition coefficient (Wildman–Crippen LogP) is 2.88. The smallest absolute Gasteiger partial charge is 0.437 e. The van der Waals surface area contributed by atoms with Gasteiger partial charge in [0.2, 0.25) is 17.9 Å². The number of nitro groups is 2. The monoisotopic (exact) mass is 584 g/mol. The summed E-state index contributed by atoms with van der Waals surface area (Å²) in [5.74, 6) is 0.697. The van der Waals surface area contributed by atoms with Crippen molar-refractivity contribution in [2.75, 3.05) is 36.8 Å². The lowest BCUT2D eigenvalue weighted by Gasteiger charge is -2.33. The van der Waals surface area contributed by atoms with E-state index in [2.05, 4.69) is 25.9 Å². The van der Waals surface area contributed by atoms with E-state index in [1.165, 1.54) is 12.1 Å². The molecule has 0 saturated carbocycles. The molecule has 0 bridgehead atoms. The van der Waals surface area contributed by atoms with Crippen LogP contribution in [0.15, 0.2) is 36.7 Å². The minimum absolute atomic E-state index is 0.000422. The molecule has 0 aliphatic carbocycles. The summed E-state index contributed by atoms with van der Waals surface area (Å²) in [6, 6.07) is 6.47. The van der Waals surface area contributed by atoms with E-state index in [-0.39, 0.29) is 23.5 Å². The summed E-state index contributed by atoms with van der Waals surface area (Å²) in [4.78, 5) is 39.6. The standard InChI is InChI=1S/C11H17BN4O3.C10H14N4O2.C2HF3O/c1-12(17)15-7-4-9(5-8-15)14-11-10(16(18)19)3-2-6-13-11;15-14(16)9-2-1-5-12-10(9)13-8-3-6-11-7-4-8;3-2(4,5)1-6/h2-3,6,9,17H,4-5,7-8H2,1H3,(H,13,14);1-2,5,8,11H,3-4,6-7H2,(H,12,13);1H. The molecular formula is C23H32BF3N8O6. The van der Waals surface area contributed by atoms with Crippen molar-refractivity contribution in [3.8, 4) is 0 Å². The molecule has 0 unspecified atom stereocenters. The van der Waals surface area contributed by atoms with Crippen molar-refractivity contribution >= 4 is 36.3 Å². The number of aldehydes is 1. The number of hydrogen-bond donors (Lipinski definition) is 4. The van der Waals surface area contributed by atoms with E-state index in [9.17, 15) is 38.4 Å². The molecule has 0 aromatic carbocycles. The van der Waals surface area contributed by atoms with E-state index in [0.717, 1.165) is 51.9 Å². The van der Waals surface area contributed by atoms with E-state index in [4.69, 9.17) is 4.79 Å². The number of alkyl halides is 3. The van der Waals surface area contributed by atoms with Gasteiger partial charge in [0.05, 0.1) is 9.85 Å². The molecule has 2 fully saturated rings. The Morgan fingerprint density at radius 3 is 1.76 bits per heavy atom. The zero-order valence-corrected chi connectivity index (χ0v) is 22.3. The number of aromatic nitrogens is 2. The first-order chi connectivity index (χ1) is 19.4. The first-order valence-electron chi connectivity index (χ1n) is 12.8. The van der Waals surface area contributed by atoms with Crippen LogP contribution in [-0.2, 0) is 4.79 Å². The first-order valence-corrected chi connectivity index (χ1v) is 12.8. The Kier molecular flexibility index (Phi) is 13.3. The molecule has 0 spiro atoms. The molecule has 2 aliphatic heterocycles. The van der Waals surface area contributed by atoms with E-state index in [0.29, 0.717) is 11.6 Å². The highest BCUT2D eigenvalue weighted by Gasteiger charge is 2.26. The van der Waals surface area contributed by atoms with E-state index in [1.54, 1.807) is 31.3 Å². The van der Waals surface area contributed by atoms with Crippen LogP contribution in [0.25, 0.3) is 0 Å². The molecule has 224 valence electrons. The summed E-state index contributed by atoms with van der Waals surface area (Å²) >= 11 is 0. The fourth-order valence-electron chi connectivity index (χ4n) is 4.08. The van der Waals surface area contributed by atoms with Crippen LogP contribution in [-0.4, -0.2) is 87.4 Å². The molecule has 4 rings (SSSR count). The number of halogens is 3. The van der Waals surface area contributed by atoms with Gasteiger partial charge in [-0.2, -0.15) is 13.2 Å². The van der Waals surface area contributed by atoms with Crippen LogP contribution in [0.4, 0.5) is 36.2 Å². The van der Waals surface area contributed by atoms with Gasteiger partial charge in [0.15, 0.2) is 0 Å². The van der Waals surface area contributed by atoms with Crippen molar-refractivity contribution in [3.05, 3.63) is 56.9 Å². The van der Waals surface area contributed by atoms with Crippen LogP contribution in [0.5, 0.6) is 0 Å². The average Bonchev–Trinajstić information content (AvgIpc) is 2.94. The second kappa shape index (κ2) is 16.4. The maximum Gasteiger partial charge on any atom is 0.446 e. The van der Waals surface area contributed by atoms with Gasteiger partial charge in [-0.05, 0) is 70.8 Å². The molecule has 0 amide bonds. The fraction of sp³-hybridized carbons (Fsp3) is 0.522. The fourth-order valence-corrected chi connectivity index (χ4v) is 4.08.